The van der Waals surface area contributed by atoms with E-state index in [-0.39, 0.29) is 0 Å². The summed E-state index contributed by atoms with van der Waals surface area (Å²) in [7, 11) is -3.38. The number of nitrogens with one attached hydrogen (secondary N) is 1. The number of anilines is 2. The van der Waals surface area contributed by atoms with Crippen LogP contribution in [0, 0.1) is 0 Å². The highest BCUT2D eigenvalue weighted by Crippen LogP contribution is 2.35. The van der Waals surface area contributed by atoms with Crippen molar-refractivity contribution in [3.63, 3.8) is 0 Å². The fraction of sp³-hybridized carbons (Fsp3) is 0.286. The van der Waals surface area contributed by atoms with Gasteiger partial charge in [-0.25, -0.2) is 13.4 Å². The summed E-state index contributed by atoms with van der Waals surface area (Å²) < 4.78 is 64.3. The van der Waals surface area contributed by atoms with Crippen molar-refractivity contribution in [2.75, 3.05) is 22.4 Å². The second-order valence-corrected chi connectivity index (χ2v) is 10.0. The van der Waals surface area contributed by atoms with Crippen molar-refractivity contribution in [2.45, 2.75) is 25.6 Å². The fourth-order valence-electron chi connectivity index (χ4n) is 3.67. The molecule has 1 N–H and O–H groups in total. The Hall–Kier alpha value is -2.59. The molecule has 0 atom stereocenters. The minimum atomic E-state index is -4.36. The summed E-state index contributed by atoms with van der Waals surface area (Å²) in [5.74, 6) is 0. The van der Waals surface area contributed by atoms with Crippen molar-refractivity contribution in [3.05, 3.63) is 64.7 Å². The minimum absolute atomic E-state index is 0.534. The molecule has 1 aliphatic heterocycles. The number of aromatic nitrogens is 1. The van der Waals surface area contributed by atoms with Crippen LogP contribution in [0.3, 0.4) is 0 Å². The number of rotatable bonds is 5. The Morgan fingerprint density at radius 2 is 1.90 bits per heavy atom. The molecule has 0 aliphatic carbocycles. The summed E-state index contributed by atoms with van der Waals surface area (Å²) in [5.41, 5.74) is 3.28. The van der Waals surface area contributed by atoms with Crippen LogP contribution in [0.2, 0.25) is 0 Å². The van der Waals surface area contributed by atoms with Crippen molar-refractivity contribution in [1.29, 1.82) is 0 Å². The molecule has 164 valence electrons. The molecule has 0 amide bonds. The molecular weight excluding hydrogens is 447 g/mol. The summed E-state index contributed by atoms with van der Waals surface area (Å²) in [6.07, 6.45) is -1.58. The number of hydrogen-bond donors (Lipinski definition) is 1. The van der Waals surface area contributed by atoms with Crippen molar-refractivity contribution in [2.24, 2.45) is 0 Å². The largest absolute Gasteiger partial charge is 0.416 e. The first-order valence-corrected chi connectivity index (χ1v) is 12.3. The molecule has 0 spiro atoms. The van der Waals surface area contributed by atoms with Crippen molar-refractivity contribution in [3.8, 4) is 10.6 Å². The first-order valence-electron chi connectivity index (χ1n) is 9.57. The first-order chi connectivity index (χ1) is 14.6. The van der Waals surface area contributed by atoms with E-state index < -0.39 is 21.8 Å². The molecule has 2 aromatic carbocycles. The molecule has 0 fully saturated rings. The molecule has 1 aliphatic rings. The maximum atomic E-state index is 12.8. The Kier molecular flexibility index (Phi) is 5.69. The first kappa shape index (κ1) is 21.6. The van der Waals surface area contributed by atoms with Crippen LogP contribution in [-0.4, -0.2) is 26.2 Å². The molecule has 1 aromatic heterocycles. The molecule has 5 nitrogen and oxygen atoms in total. The van der Waals surface area contributed by atoms with Crippen LogP contribution in [0.15, 0.2) is 47.8 Å². The van der Waals surface area contributed by atoms with Crippen molar-refractivity contribution in [1.82, 2.24) is 4.98 Å². The third kappa shape index (κ3) is 5.01. The molecule has 0 bridgehead atoms. The Morgan fingerprint density at radius 3 is 2.58 bits per heavy atom. The normalized spacial score (nSPS) is 14.4. The van der Waals surface area contributed by atoms with Gasteiger partial charge in [-0.15, -0.1) is 11.3 Å². The third-order valence-electron chi connectivity index (χ3n) is 5.01. The van der Waals surface area contributed by atoms with E-state index in [4.69, 9.17) is 0 Å². The van der Waals surface area contributed by atoms with Gasteiger partial charge in [0.1, 0.15) is 5.01 Å². The van der Waals surface area contributed by atoms with Gasteiger partial charge in [-0.2, -0.15) is 13.2 Å². The fourth-order valence-corrected chi connectivity index (χ4v) is 5.08. The quantitative estimate of drug-likeness (QED) is 0.564. The van der Waals surface area contributed by atoms with Crippen molar-refractivity contribution < 1.29 is 21.6 Å². The number of hydrogen-bond acceptors (Lipinski definition) is 5. The number of fused-ring (bicyclic) bond motifs is 1. The Bertz CT molecular complexity index is 1190. The van der Waals surface area contributed by atoms with Crippen LogP contribution in [0.25, 0.3) is 10.6 Å². The molecule has 0 saturated heterocycles. The zero-order chi connectivity index (χ0) is 22.2. The average molecular weight is 468 g/mol. The molecule has 3 aromatic rings. The monoisotopic (exact) mass is 467 g/mol. The van der Waals surface area contributed by atoms with Gasteiger partial charge in [0.05, 0.1) is 29.7 Å². The maximum Gasteiger partial charge on any atom is 0.416 e. The van der Waals surface area contributed by atoms with E-state index in [2.05, 4.69) is 14.6 Å². The van der Waals surface area contributed by atoms with E-state index in [1.54, 1.807) is 6.07 Å². The number of thiazole rings is 1. The maximum absolute atomic E-state index is 12.8. The molecule has 31 heavy (non-hydrogen) atoms. The molecule has 4 rings (SSSR count). The van der Waals surface area contributed by atoms with E-state index in [0.29, 0.717) is 22.8 Å². The highest BCUT2D eigenvalue weighted by atomic mass is 32.2. The van der Waals surface area contributed by atoms with Gasteiger partial charge < -0.3 is 4.90 Å². The van der Waals surface area contributed by atoms with E-state index in [1.807, 2.05) is 17.5 Å². The van der Waals surface area contributed by atoms with Crippen LogP contribution < -0.4 is 9.62 Å². The lowest BCUT2D eigenvalue weighted by atomic mass is 10.00. The highest BCUT2D eigenvalue weighted by molar-refractivity contribution is 7.92. The smallest absolute Gasteiger partial charge is 0.365 e. The molecule has 2 heterocycles. The van der Waals surface area contributed by atoms with E-state index >= 15 is 0 Å². The molecule has 10 heteroatoms. The van der Waals surface area contributed by atoms with Gasteiger partial charge in [-0.3, -0.25) is 4.72 Å². The van der Waals surface area contributed by atoms with Gasteiger partial charge >= 0.3 is 6.18 Å². The summed E-state index contributed by atoms with van der Waals surface area (Å²) in [6.45, 7) is 1.34. The number of nitrogens with zero attached hydrogens (tertiary/aromatic N) is 2. The summed E-state index contributed by atoms with van der Waals surface area (Å²) in [6, 6.07) is 10.5. The molecule has 0 radical (unpaired) electrons. The predicted octanol–water partition coefficient (Wildman–Crippen LogP) is 5.15. The predicted molar refractivity (Wildman–Crippen MR) is 117 cm³/mol. The van der Waals surface area contributed by atoms with Crippen molar-refractivity contribution >= 4 is 32.7 Å². The summed E-state index contributed by atoms with van der Waals surface area (Å²) in [5, 5.41) is 2.56. The number of benzene rings is 2. The topological polar surface area (TPSA) is 62.3 Å². The van der Waals surface area contributed by atoms with Gasteiger partial charge in [0.25, 0.3) is 0 Å². The van der Waals surface area contributed by atoms with Gasteiger partial charge in [0.15, 0.2) is 0 Å². The second kappa shape index (κ2) is 8.16. The average Bonchev–Trinajstić information content (AvgIpc) is 3.16. The van der Waals surface area contributed by atoms with Crippen LogP contribution in [0.4, 0.5) is 24.5 Å². The molecule has 0 saturated carbocycles. The Labute approximate surface area is 182 Å². The van der Waals surface area contributed by atoms with Gasteiger partial charge in [0, 0.05) is 23.2 Å². The Balaban J connectivity index is 1.54. The second-order valence-electron chi connectivity index (χ2n) is 7.42. The van der Waals surface area contributed by atoms with E-state index in [0.717, 1.165) is 54.7 Å². The lowest BCUT2D eigenvalue weighted by Gasteiger charge is -2.32. The number of sulfonamides is 1. The van der Waals surface area contributed by atoms with Gasteiger partial charge in [-0.05, 0) is 42.7 Å². The lowest BCUT2D eigenvalue weighted by molar-refractivity contribution is -0.137. The van der Waals surface area contributed by atoms with Crippen LogP contribution in [0.5, 0.6) is 0 Å². The lowest BCUT2D eigenvalue weighted by Crippen LogP contribution is -2.29. The van der Waals surface area contributed by atoms with Gasteiger partial charge in [0.2, 0.25) is 10.0 Å². The molecule has 0 unspecified atom stereocenters. The van der Waals surface area contributed by atoms with E-state index in [1.165, 1.54) is 23.5 Å². The Morgan fingerprint density at radius 1 is 1.16 bits per heavy atom. The van der Waals surface area contributed by atoms with E-state index in [9.17, 15) is 21.6 Å². The SMILES string of the molecule is CS(=O)(=O)Nc1cccc2c1CCCN2Cc1csc(-c2ccc(C(F)(F)F)cc2)n1. The van der Waals surface area contributed by atoms with Gasteiger partial charge in [-0.1, -0.05) is 18.2 Å². The zero-order valence-electron chi connectivity index (χ0n) is 16.6. The number of alkyl halides is 3. The minimum Gasteiger partial charge on any atom is -0.365 e. The van der Waals surface area contributed by atoms with Crippen LogP contribution >= 0.6 is 11.3 Å². The summed E-state index contributed by atoms with van der Waals surface area (Å²) >= 11 is 1.39. The van der Waals surface area contributed by atoms with Crippen LogP contribution in [-0.2, 0) is 29.2 Å². The third-order valence-corrected chi connectivity index (χ3v) is 6.54. The zero-order valence-corrected chi connectivity index (χ0v) is 18.2. The molecular formula is C21H20F3N3O2S2. The van der Waals surface area contributed by atoms with Crippen LogP contribution in [0.1, 0.15) is 23.2 Å². The standard InChI is InChI=1S/C21H20F3N3O2S2/c1-31(28,29)26-18-5-2-6-19-17(18)4-3-11-27(19)12-16-13-30-20(25-16)14-7-9-15(10-8-14)21(22,23)24/h2,5-10,13,26H,3-4,11-12H2,1H3. The highest BCUT2D eigenvalue weighted by Gasteiger charge is 2.30. The number of halogens is 3. The summed E-state index contributed by atoms with van der Waals surface area (Å²) in [4.78, 5) is 6.76.